The summed E-state index contributed by atoms with van der Waals surface area (Å²) in [5, 5.41) is 7.62. The van der Waals surface area contributed by atoms with Crippen molar-refractivity contribution in [2.75, 3.05) is 26.0 Å². The summed E-state index contributed by atoms with van der Waals surface area (Å²) < 4.78 is 7.02. The molecule has 0 spiro atoms. The van der Waals surface area contributed by atoms with Gasteiger partial charge in [-0.3, -0.25) is 4.68 Å². The van der Waals surface area contributed by atoms with Crippen LogP contribution >= 0.6 is 11.8 Å². The molecule has 1 unspecified atom stereocenters. The number of rotatable bonds is 8. The molecule has 0 saturated heterocycles. The predicted molar refractivity (Wildman–Crippen MR) is 67.9 cm³/mol. The lowest BCUT2D eigenvalue weighted by Crippen LogP contribution is -2.35. The Balaban J connectivity index is 2.30. The molecule has 0 aromatic carbocycles. The molecule has 1 N–H and O–H groups in total. The highest BCUT2D eigenvalue weighted by Gasteiger charge is 2.08. The molecule has 0 aliphatic carbocycles. The zero-order chi connectivity index (χ0) is 11.8. The van der Waals surface area contributed by atoms with E-state index in [1.807, 2.05) is 35.9 Å². The van der Waals surface area contributed by atoms with Gasteiger partial charge in [-0.1, -0.05) is 6.92 Å². The molecule has 0 saturated carbocycles. The smallest absolute Gasteiger partial charge is 0.0625 e. The highest BCUT2D eigenvalue weighted by Crippen LogP contribution is 2.17. The monoisotopic (exact) mass is 243 g/mol. The molecule has 1 aromatic heterocycles. The van der Waals surface area contributed by atoms with Crippen molar-refractivity contribution < 1.29 is 4.74 Å². The molecule has 1 atom stereocenters. The van der Waals surface area contributed by atoms with Crippen LogP contribution in [0.3, 0.4) is 0 Å². The van der Waals surface area contributed by atoms with E-state index >= 15 is 0 Å². The first kappa shape index (κ1) is 13.5. The molecule has 4 nitrogen and oxygen atoms in total. The molecule has 16 heavy (non-hydrogen) atoms. The third-order valence-electron chi connectivity index (χ3n) is 2.18. The van der Waals surface area contributed by atoms with Gasteiger partial charge >= 0.3 is 0 Å². The van der Waals surface area contributed by atoms with Gasteiger partial charge in [0.1, 0.15) is 0 Å². The lowest BCUT2D eigenvalue weighted by atomic mass is 10.3. The van der Waals surface area contributed by atoms with Gasteiger partial charge in [0, 0.05) is 37.0 Å². The Morgan fingerprint density at radius 2 is 2.44 bits per heavy atom. The van der Waals surface area contributed by atoms with E-state index < -0.39 is 0 Å². The van der Waals surface area contributed by atoms with Crippen LogP contribution in [0.4, 0.5) is 0 Å². The maximum atomic E-state index is 5.20. The number of thioether (sulfide) groups is 1. The first-order chi connectivity index (χ1) is 7.76. The number of nitrogens with zero attached hydrogens (tertiary/aromatic N) is 2. The number of ether oxygens (including phenoxy) is 1. The van der Waals surface area contributed by atoms with Crippen LogP contribution in [-0.4, -0.2) is 41.8 Å². The molecule has 1 heterocycles. The Labute approximate surface area is 102 Å². The average molecular weight is 243 g/mol. The van der Waals surface area contributed by atoms with E-state index in [2.05, 4.69) is 17.3 Å². The molecular formula is C11H21N3OS. The standard InChI is InChI=1S/C11H21N3OS/c1-4-5-12-10(8-15-3)9-16-11-6-13-14(2)7-11/h6-7,10,12H,4-5,8-9H2,1-3H3. The summed E-state index contributed by atoms with van der Waals surface area (Å²) in [5.74, 6) is 1.01. The van der Waals surface area contributed by atoms with Gasteiger partial charge in [0.05, 0.1) is 12.8 Å². The highest BCUT2D eigenvalue weighted by atomic mass is 32.2. The van der Waals surface area contributed by atoms with E-state index in [4.69, 9.17) is 4.74 Å². The van der Waals surface area contributed by atoms with Crippen LogP contribution in [0.15, 0.2) is 17.3 Å². The fourth-order valence-corrected chi connectivity index (χ4v) is 2.34. The number of methoxy groups -OCH3 is 1. The Bertz CT molecular complexity index is 291. The van der Waals surface area contributed by atoms with Crippen LogP contribution in [-0.2, 0) is 11.8 Å². The van der Waals surface area contributed by atoms with Crippen molar-refractivity contribution in [1.82, 2.24) is 15.1 Å². The summed E-state index contributed by atoms with van der Waals surface area (Å²) in [6.45, 7) is 3.97. The summed E-state index contributed by atoms with van der Waals surface area (Å²) in [4.78, 5) is 1.21. The fourth-order valence-electron chi connectivity index (χ4n) is 1.39. The number of hydrogen-bond acceptors (Lipinski definition) is 4. The Hall–Kier alpha value is -0.520. The molecule has 92 valence electrons. The number of nitrogens with one attached hydrogen (secondary N) is 1. The molecule has 0 bridgehead atoms. The van der Waals surface area contributed by atoms with E-state index in [1.54, 1.807) is 7.11 Å². The molecule has 1 aromatic rings. The Morgan fingerprint density at radius 3 is 3.00 bits per heavy atom. The third kappa shape index (κ3) is 5.01. The predicted octanol–water partition coefficient (Wildman–Crippen LogP) is 1.53. The summed E-state index contributed by atoms with van der Waals surface area (Å²) in [5.41, 5.74) is 0. The van der Waals surface area contributed by atoms with Gasteiger partial charge in [0.25, 0.3) is 0 Å². The minimum absolute atomic E-state index is 0.412. The lowest BCUT2D eigenvalue weighted by molar-refractivity contribution is 0.174. The van der Waals surface area contributed by atoms with Gasteiger partial charge in [-0.25, -0.2) is 0 Å². The normalized spacial score (nSPS) is 12.9. The van der Waals surface area contributed by atoms with Gasteiger partial charge < -0.3 is 10.1 Å². The molecule has 0 radical (unpaired) electrons. The second kappa shape index (κ2) is 7.70. The largest absolute Gasteiger partial charge is 0.383 e. The van der Waals surface area contributed by atoms with E-state index in [-0.39, 0.29) is 0 Å². The van der Waals surface area contributed by atoms with Crippen molar-refractivity contribution >= 4 is 11.8 Å². The van der Waals surface area contributed by atoms with Crippen LogP contribution in [0.1, 0.15) is 13.3 Å². The minimum Gasteiger partial charge on any atom is -0.383 e. The first-order valence-electron chi connectivity index (χ1n) is 5.60. The third-order valence-corrected chi connectivity index (χ3v) is 3.30. The first-order valence-corrected chi connectivity index (χ1v) is 6.58. The topological polar surface area (TPSA) is 39.1 Å². The van der Waals surface area contributed by atoms with Gasteiger partial charge in [-0.2, -0.15) is 5.10 Å². The Kier molecular flexibility index (Phi) is 6.52. The number of hydrogen-bond donors (Lipinski definition) is 1. The zero-order valence-corrected chi connectivity index (χ0v) is 11.1. The quantitative estimate of drug-likeness (QED) is 0.703. The highest BCUT2D eigenvalue weighted by molar-refractivity contribution is 7.99. The SMILES string of the molecule is CCCNC(COC)CSc1cnn(C)c1. The van der Waals surface area contributed by atoms with Gasteiger partial charge in [-0.05, 0) is 13.0 Å². The molecule has 0 fully saturated rings. The lowest BCUT2D eigenvalue weighted by Gasteiger charge is -2.16. The maximum absolute atomic E-state index is 5.20. The number of aromatic nitrogens is 2. The molecule has 1 rings (SSSR count). The van der Waals surface area contributed by atoms with Crippen molar-refractivity contribution in [3.8, 4) is 0 Å². The van der Waals surface area contributed by atoms with Gasteiger partial charge in [0.2, 0.25) is 0 Å². The van der Waals surface area contributed by atoms with E-state index in [1.165, 1.54) is 4.90 Å². The summed E-state index contributed by atoms with van der Waals surface area (Å²) in [6, 6.07) is 0.412. The minimum atomic E-state index is 0.412. The molecule has 0 aliphatic rings. The van der Waals surface area contributed by atoms with E-state index in [0.717, 1.165) is 25.3 Å². The fraction of sp³-hybridized carbons (Fsp3) is 0.727. The summed E-state index contributed by atoms with van der Waals surface area (Å²) in [7, 11) is 3.68. The van der Waals surface area contributed by atoms with Crippen LogP contribution in [0.25, 0.3) is 0 Å². The van der Waals surface area contributed by atoms with Crippen LogP contribution in [0.5, 0.6) is 0 Å². The van der Waals surface area contributed by atoms with Crippen molar-refractivity contribution in [3.05, 3.63) is 12.4 Å². The van der Waals surface area contributed by atoms with Crippen molar-refractivity contribution in [2.45, 2.75) is 24.3 Å². The molecular weight excluding hydrogens is 222 g/mol. The van der Waals surface area contributed by atoms with Gasteiger partial charge in [0.15, 0.2) is 0 Å². The zero-order valence-electron chi connectivity index (χ0n) is 10.3. The van der Waals surface area contributed by atoms with Gasteiger partial charge in [-0.15, -0.1) is 11.8 Å². The second-order valence-corrected chi connectivity index (χ2v) is 4.86. The van der Waals surface area contributed by atoms with Crippen LogP contribution in [0.2, 0.25) is 0 Å². The molecule has 0 aliphatic heterocycles. The second-order valence-electron chi connectivity index (χ2n) is 3.77. The van der Waals surface area contributed by atoms with Crippen molar-refractivity contribution in [2.24, 2.45) is 7.05 Å². The van der Waals surface area contributed by atoms with Crippen LogP contribution in [0, 0.1) is 0 Å². The summed E-state index contributed by atoms with van der Waals surface area (Å²) >= 11 is 1.81. The van der Waals surface area contributed by atoms with Crippen LogP contribution < -0.4 is 5.32 Å². The van der Waals surface area contributed by atoms with E-state index in [9.17, 15) is 0 Å². The van der Waals surface area contributed by atoms with Crippen molar-refractivity contribution in [3.63, 3.8) is 0 Å². The molecule has 5 heteroatoms. The summed E-state index contributed by atoms with van der Waals surface area (Å²) in [6.07, 6.45) is 5.08. The Morgan fingerprint density at radius 1 is 1.62 bits per heavy atom. The number of aryl methyl sites for hydroxylation is 1. The van der Waals surface area contributed by atoms with Crippen molar-refractivity contribution in [1.29, 1.82) is 0 Å². The average Bonchev–Trinajstić information content (AvgIpc) is 2.68. The maximum Gasteiger partial charge on any atom is 0.0625 e. The molecule has 0 amide bonds. The van der Waals surface area contributed by atoms with E-state index in [0.29, 0.717) is 6.04 Å².